The molecular weight excluding hydrogens is 466 g/mol. The van der Waals surface area contributed by atoms with E-state index in [1.807, 2.05) is 0 Å². The van der Waals surface area contributed by atoms with Crippen molar-refractivity contribution in [1.29, 1.82) is 0 Å². The molecule has 1 atom stereocenters. The average molecular weight is 489 g/mol. The van der Waals surface area contributed by atoms with Gasteiger partial charge in [-0.2, -0.15) is 4.72 Å². The van der Waals surface area contributed by atoms with E-state index in [1.165, 1.54) is 38.5 Å². The third kappa shape index (κ3) is 5.67. The summed E-state index contributed by atoms with van der Waals surface area (Å²) in [6, 6.07) is 8.81. The molecule has 1 heterocycles. The molecule has 0 saturated carbocycles. The smallest absolute Gasteiger partial charge is 0.265 e. The van der Waals surface area contributed by atoms with Crippen LogP contribution < -0.4 is 14.2 Å². The van der Waals surface area contributed by atoms with Crippen molar-refractivity contribution in [3.8, 4) is 11.5 Å². The molecular formula is C21H23ClF2N2O5S. The number of likely N-dealkylation sites (tertiary alicyclic amines) is 1. The SMILES string of the molecule is COc1ccc(CN2CC(F)(F)CC[C@@H](NS(=O)(=O)c3ccc(Cl)cc3)C2=O)c(OC)c1. The number of nitrogens with one attached hydrogen (secondary N) is 1. The Labute approximate surface area is 190 Å². The van der Waals surface area contributed by atoms with Gasteiger partial charge in [-0.05, 0) is 42.8 Å². The number of alkyl halides is 2. The van der Waals surface area contributed by atoms with Gasteiger partial charge in [0.1, 0.15) is 17.5 Å². The first kappa shape index (κ1) is 24.2. The molecule has 2 aromatic carbocycles. The van der Waals surface area contributed by atoms with E-state index in [9.17, 15) is 22.0 Å². The molecule has 32 heavy (non-hydrogen) atoms. The Morgan fingerprint density at radius 2 is 1.84 bits per heavy atom. The van der Waals surface area contributed by atoms with Crippen LogP contribution in [0, 0.1) is 0 Å². The fraction of sp³-hybridized carbons (Fsp3) is 0.381. The molecule has 0 radical (unpaired) electrons. The lowest BCUT2D eigenvalue weighted by atomic mass is 10.1. The van der Waals surface area contributed by atoms with E-state index in [0.29, 0.717) is 22.1 Å². The van der Waals surface area contributed by atoms with E-state index in [0.717, 1.165) is 4.90 Å². The third-order valence-electron chi connectivity index (χ3n) is 5.11. The Kier molecular flexibility index (Phi) is 7.26. The molecule has 2 aromatic rings. The number of halogens is 3. The normalized spacial score (nSPS) is 18.8. The van der Waals surface area contributed by atoms with Crippen molar-refractivity contribution in [1.82, 2.24) is 9.62 Å². The van der Waals surface area contributed by atoms with E-state index in [4.69, 9.17) is 21.1 Å². The fourth-order valence-electron chi connectivity index (χ4n) is 3.44. The predicted molar refractivity (Wildman–Crippen MR) is 115 cm³/mol. The lowest BCUT2D eigenvalue weighted by molar-refractivity contribution is -0.136. The Balaban J connectivity index is 1.87. The molecule has 174 valence electrons. The number of hydrogen-bond acceptors (Lipinski definition) is 5. The second kappa shape index (κ2) is 9.60. The van der Waals surface area contributed by atoms with Gasteiger partial charge in [-0.15, -0.1) is 0 Å². The molecule has 1 aliphatic heterocycles. The number of hydrogen-bond donors (Lipinski definition) is 1. The van der Waals surface area contributed by atoms with E-state index >= 15 is 0 Å². The average Bonchev–Trinajstić information content (AvgIpc) is 2.85. The number of carbonyl (C=O) groups excluding carboxylic acids is 1. The first-order valence-corrected chi connectivity index (χ1v) is 11.6. The van der Waals surface area contributed by atoms with Gasteiger partial charge in [0.25, 0.3) is 5.92 Å². The zero-order valence-corrected chi connectivity index (χ0v) is 19.1. The summed E-state index contributed by atoms with van der Waals surface area (Å²) in [6.07, 6.45) is -0.975. The van der Waals surface area contributed by atoms with Gasteiger partial charge in [-0.1, -0.05) is 11.6 Å². The summed E-state index contributed by atoms with van der Waals surface area (Å²) in [5.74, 6) is -3.04. The first-order valence-electron chi connectivity index (χ1n) is 9.70. The maximum Gasteiger partial charge on any atom is 0.265 e. The minimum atomic E-state index is -4.12. The standard InChI is InChI=1S/C21H23ClF2N2O5S/c1-30-16-6-3-14(19(11-16)31-2)12-26-13-21(23,24)10-9-18(20(26)27)25-32(28,29)17-7-4-15(22)5-8-17/h3-8,11,18,25H,9-10,12-13H2,1-2H3/t18-/m1/s1. The van der Waals surface area contributed by atoms with Gasteiger partial charge >= 0.3 is 0 Å². The lowest BCUT2D eigenvalue weighted by Gasteiger charge is -2.27. The summed E-state index contributed by atoms with van der Waals surface area (Å²) in [4.78, 5) is 13.9. The van der Waals surface area contributed by atoms with Gasteiger partial charge in [0.2, 0.25) is 15.9 Å². The zero-order chi connectivity index (χ0) is 23.5. The van der Waals surface area contributed by atoms with Crippen molar-refractivity contribution in [2.75, 3.05) is 20.8 Å². The zero-order valence-electron chi connectivity index (χ0n) is 17.5. The van der Waals surface area contributed by atoms with Crippen LogP contribution >= 0.6 is 11.6 Å². The number of nitrogens with zero attached hydrogens (tertiary/aromatic N) is 1. The number of amides is 1. The number of ether oxygens (including phenoxy) is 2. The first-order chi connectivity index (χ1) is 15.0. The summed E-state index contributed by atoms with van der Waals surface area (Å²) in [5, 5.41) is 0.341. The molecule has 0 aromatic heterocycles. The molecule has 3 rings (SSSR count). The summed E-state index contributed by atoms with van der Waals surface area (Å²) in [5.41, 5.74) is 0.485. The van der Waals surface area contributed by atoms with Crippen molar-refractivity contribution in [2.24, 2.45) is 0 Å². The van der Waals surface area contributed by atoms with E-state index in [-0.39, 0.29) is 17.9 Å². The third-order valence-corrected chi connectivity index (χ3v) is 6.85. The van der Waals surface area contributed by atoms with Crippen LogP contribution in [0.4, 0.5) is 8.78 Å². The van der Waals surface area contributed by atoms with Crippen LogP contribution in [-0.2, 0) is 21.4 Å². The molecule has 1 amide bonds. The van der Waals surface area contributed by atoms with E-state index < -0.39 is 40.9 Å². The Morgan fingerprint density at radius 1 is 1.16 bits per heavy atom. The topological polar surface area (TPSA) is 84.9 Å². The van der Waals surface area contributed by atoms with Crippen LogP contribution in [0.1, 0.15) is 18.4 Å². The van der Waals surface area contributed by atoms with Crippen molar-refractivity contribution >= 4 is 27.5 Å². The molecule has 1 fully saturated rings. The van der Waals surface area contributed by atoms with Crippen molar-refractivity contribution < 1.29 is 31.5 Å². The molecule has 0 aliphatic carbocycles. The molecule has 1 aliphatic rings. The van der Waals surface area contributed by atoms with Gasteiger partial charge in [-0.25, -0.2) is 17.2 Å². The Hall–Kier alpha value is -2.43. The van der Waals surface area contributed by atoms with Gasteiger partial charge < -0.3 is 14.4 Å². The van der Waals surface area contributed by atoms with Gasteiger partial charge in [0.15, 0.2) is 0 Å². The second-order valence-corrected chi connectivity index (χ2v) is 9.54. The number of sulfonamides is 1. The summed E-state index contributed by atoms with van der Waals surface area (Å²) in [7, 11) is -1.23. The molecule has 0 spiro atoms. The Morgan fingerprint density at radius 3 is 2.47 bits per heavy atom. The minimum Gasteiger partial charge on any atom is -0.497 e. The van der Waals surface area contributed by atoms with E-state index in [2.05, 4.69) is 4.72 Å². The highest BCUT2D eigenvalue weighted by molar-refractivity contribution is 7.89. The molecule has 0 unspecified atom stereocenters. The van der Waals surface area contributed by atoms with Gasteiger partial charge in [0, 0.05) is 29.6 Å². The fourth-order valence-corrected chi connectivity index (χ4v) is 4.79. The molecule has 7 nitrogen and oxygen atoms in total. The van der Waals surface area contributed by atoms with E-state index in [1.54, 1.807) is 18.2 Å². The number of carbonyl (C=O) groups is 1. The molecule has 1 saturated heterocycles. The highest BCUT2D eigenvalue weighted by Gasteiger charge is 2.42. The highest BCUT2D eigenvalue weighted by atomic mass is 35.5. The quantitative estimate of drug-likeness (QED) is 0.645. The maximum absolute atomic E-state index is 14.4. The van der Waals surface area contributed by atoms with Crippen molar-refractivity contribution in [3.63, 3.8) is 0 Å². The number of methoxy groups -OCH3 is 2. The molecule has 11 heteroatoms. The van der Waals surface area contributed by atoms with Gasteiger partial charge in [0.05, 0.1) is 25.7 Å². The van der Waals surface area contributed by atoms with Crippen LogP contribution in [0.5, 0.6) is 11.5 Å². The lowest BCUT2D eigenvalue weighted by Crippen LogP contribution is -2.47. The van der Waals surface area contributed by atoms with Crippen LogP contribution in [0.3, 0.4) is 0 Å². The van der Waals surface area contributed by atoms with Crippen molar-refractivity contribution in [3.05, 3.63) is 53.1 Å². The number of benzene rings is 2. The minimum absolute atomic E-state index is 0.117. The van der Waals surface area contributed by atoms with Crippen LogP contribution in [0.25, 0.3) is 0 Å². The predicted octanol–water partition coefficient (Wildman–Crippen LogP) is 3.46. The second-order valence-electron chi connectivity index (χ2n) is 7.39. The summed E-state index contributed by atoms with van der Waals surface area (Å²) >= 11 is 5.79. The highest BCUT2D eigenvalue weighted by Crippen LogP contribution is 2.31. The molecule has 0 bridgehead atoms. The monoisotopic (exact) mass is 488 g/mol. The van der Waals surface area contributed by atoms with Crippen LogP contribution in [-0.4, -0.2) is 52.0 Å². The Bertz CT molecular complexity index is 1080. The van der Waals surface area contributed by atoms with Crippen molar-refractivity contribution in [2.45, 2.75) is 36.2 Å². The van der Waals surface area contributed by atoms with Crippen LogP contribution in [0.15, 0.2) is 47.4 Å². The summed E-state index contributed by atoms with van der Waals surface area (Å²) < 4.78 is 67.0. The number of rotatable bonds is 7. The van der Waals surface area contributed by atoms with Crippen LogP contribution in [0.2, 0.25) is 5.02 Å². The molecule has 1 N–H and O–H groups in total. The maximum atomic E-state index is 14.4. The van der Waals surface area contributed by atoms with Gasteiger partial charge in [-0.3, -0.25) is 4.79 Å². The largest absolute Gasteiger partial charge is 0.497 e. The summed E-state index contributed by atoms with van der Waals surface area (Å²) in [6.45, 7) is -1.01.